The molecule has 0 aliphatic carbocycles. The van der Waals surface area contributed by atoms with Crippen molar-refractivity contribution < 1.29 is 13.2 Å². The molecule has 5 heteroatoms. The van der Waals surface area contributed by atoms with Crippen LogP contribution in [-0.4, -0.2) is 23.6 Å². The van der Waals surface area contributed by atoms with E-state index in [0.29, 0.717) is 11.3 Å². The molecular weight excluding hydrogens is 295 g/mol. The lowest BCUT2D eigenvalue weighted by atomic mass is 10.0. The van der Waals surface area contributed by atoms with Crippen LogP contribution in [-0.2, 0) is 12.6 Å². The second-order valence-electron chi connectivity index (χ2n) is 5.21. The molecule has 0 aromatic heterocycles. The van der Waals surface area contributed by atoms with Crippen LogP contribution in [0.15, 0.2) is 24.3 Å². The molecule has 1 aromatic carbocycles. The average Bonchev–Trinajstić information content (AvgIpc) is 2.44. The Hall–Kier alpha value is -0.680. The zero-order valence-corrected chi connectivity index (χ0v) is 13.7. The summed E-state index contributed by atoms with van der Waals surface area (Å²) in [7, 11) is 0. The third-order valence-electron chi connectivity index (χ3n) is 3.41. The number of rotatable bonds is 8. The van der Waals surface area contributed by atoms with Crippen LogP contribution in [0.1, 0.15) is 38.3 Å². The second kappa shape index (κ2) is 8.69. The number of likely N-dealkylation sites (N-methyl/N-ethyl adjacent to an activating group) is 1. The van der Waals surface area contributed by atoms with Gasteiger partial charge in [-0.2, -0.15) is 24.9 Å². The molecule has 0 bridgehead atoms. The Morgan fingerprint density at radius 2 is 1.76 bits per heavy atom. The first-order valence-electron chi connectivity index (χ1n) is 7.37. The summed E-state index contributed by atoms with van der Waals surface area (Å²) in [5, 5.41) is 4.02. The first kappa shape index (κ1) is 18.4. The number of alkyl halides is 3. The van der Waals surface area contributed by atoms with E-state index in [9.17, 15) is 13.2 Å². The van der Waals surface area contributed by atoms with Gasteiger partial charge in [-0.15, -0.1) is 0 Å². The van der Waals surface area contributed by atoms with Crippen molar-refractivity contribution in [2.75, 3.05) is 12.3 Å². The van der Waals surface area contributed by atoms with Gasteiger partial charge >= 0.3 is 6.18 Å². The number of hydrogen-bond donors (Lipinski definition) is 1. The average molecular weight is 319 g/mol. The minimum atomic E-state index is -4.26. The fraction of sp³-hybridized carbons (Fsp3) is 0.625. The summed E-state index contributed by atoms with van der Waals surface area (Å²) in [6.45, 7) is 7.28. The Morgan fingerprint density at radius 1 is 1.14 bits per heavy atom. The summed E-state index contributed by atoms with van der Waals surface area (Å²) in [5.41, 5.74) is 0.360. The van der Waals surface area contributed by atoms with Crippen LogP contribution in [0.3, 0.4) is 0 Å². The van der Waals surface area contributed by atoms with Crippen molar-refractivity contribution in [1.29, 1.82) is 0 Å². The van der Waals surface area contributed by atoms with Crippen LogP contribution in [0.25, 0.3) is 0 Å². The van der Waals surface area contributed by atoms with Gasteiger partial charge in [-0.1, -0.05) is 32.9 Å². The molecule has 2 unspecified atom stereocenters. The number of thioether (sulfide) groups is 1. The van der Waals surface area contributed by atoms with Gasteiger partial charge in [0, 0.05) is 17.0 Å². The van der Waals surface area contributed by atoms with Crippen molar-refractivity contribution in [3.8, 4) is 0 Å². The Morgan fingerprint density at radius 3 is 2.24 bits per heavy atom. The zero-order chi connectivity index (χ0) is 15.9. The molecule has 1 rings (SSSR count). The number of benzene rings is 1. The molecule has 1 nitrogen and oxygen atoms in total. The summed E-state index contributed by atoms with van der Waals surface area (Å²) >= 11 is 1.91. The van der Waals surface area contributed by atoms with Crippen molar-refractivity contribution in [3.63, 3.8) is 0 Å². The van der Waals surface area contributed by atoms with Gasteiger partial charge in [-0.25, -0.2) is 0 Å². The highest BCUT2D eigenvalue weighted by Crippen LogP contribution is 2.29. The molecule has 0 saturated carbocycles. The third kappa shape index (κ3) is 6.74. The van der Waals surface area contributed by atoms with E-state index in [0.717, 1.165) is 30.7 Å². The molecule has 0 amide bonds. The first-order valence-corrected chi connectivity index (χ1v) is 8.42. The molecule has 0 heterocycles. The molecule has 120 valence electrons. The van der Waals surface area contributed by atoms with Gasteiger partial charge in [0.25, 0.3) is 0 Å². The van der Waals surface area contributed by atoms with Crippen molar-refractivity contribution in [1.82, 2.24) is 5.32 Å². The normalized spacial score (nSPS) is 15.0. The summed E-state index contributed by atoms with van der Waals surface area (Å²) in [6, 6.07) is 5.80. The van der Waals surface area contributed by atoms with Gasteiger partial charge in [-0.05, 0) is 37.1 Å². The maximum Gasteiger partial charge on any atom is 0.416 e. The molecule has 0 fully saturated rings. The molecule has 0 radical (unpaired) electrons. The lowest BCUT2D eigenvalue weighted by Gasteiger charge is -2.20. The van der Waals surface area contributed by atoms with E-state index in [1.807, 2.05) is 18.7 Å². The van der Waals surface area contributed by atoms with E-state index in [-0.39, 0.29) is 0 Å². The highest BCUT2D eigenvalue weighted by molar-refractivity contribution is 7.99. The van der Waals surface area contributed by atoms with Crippen LogP contribution in [0.5, 0.6) is 0 Å². The number of hydrogen-bond acceptors (Lipinski definition) is 2. The fourth-order valence-electron chi connectivity index (χ4n) is 1.99. The molecule has 1 aromatic rings. The lowest BCUT2D eigenvalue weighted by Crippen LogP contribution is -2.33. The molecule has 1 N–H and O–H groups in total. The van der Waals surface area contributed by atoms with Crippen molar-refractivity contribution >= 4 is 11.8 Å². The summed E-state index contributed by atoms with van der Waals surface area (Å²) in [5.74, 6) is 0.976. The Bertz CT molecular complexity index is 403. The topological polar surface area (TPSA) is 12.0 Å². The van der Waals surface area contributed by atoms with Crippen LogP contribution in [0.4, 0.5) is 13.2 Å². The third-order valence-corrected chi connectivity index (χ3v) is 4.91. The van der Waals surface area contributed by atoms with Crippen molar-refractivity contribution in [3.05, 3.63) is 35.4 Å². The SMILES string of the molecule is CCNC(CSC(C)CC)Cc1ccc(C(F)(F)F)cc1. The van der Waals surface area contributed by atoms with Gasteiger partial charge < -0.3 is 5.32 Å². The summed E-state index contributed by atoms with van der Waals surface area (Å²) in [6.07, 6.45) is -2.37. The van der Waals surface area contributed by atoms with E-state index in [4.69, 9.17) is 0 Å². The van der Waals surface area contributed by atoms with Crippen LogP contribution in [0.2, 0.25) is 0 Å². The smallest absolute Gasteiger partial charge is 0.313 e. The van der Waals surface area contributed by atoms with E-state index < -0.39 is 11.7 Å². The Kier molecular flexibility index (Phi) is 7.60. The molecule has 0 aliphatic rings. The number of halogens is 3. The maximum absolute atomic E-state index is 12.5. The van der Waals surface area contributed by atoms with Gasteiger partial charge in [-0.3, -0.25) is 0 Å². The van der Waals surface area contributed by atoms with E-state index in [1.165, 1.54) is 12.1 Å². The molecule has 0 saturated heterocycles. The van der Waals surface area contributed by atoms with Gasteiger partial charge in [0.1, 0.15) is 0 Å². The van der Waals surface area contributed by atoms with Gasteiger partial charge in [0.2, 0.25) is 0 Å². The van der Waals surface area contributed by atoms with E-state index >= 15 is 0 Å². The van der Waals surface area contributed by atoms with Crippen LogP contribution < -0.4 is 5.32 Å². The minimum Gasteiger partial charge on any atom is -0.313 e. The van der Waals surface area contributed by atoms with Gasteiger partial charge in [0.15, 0.2) is 0 Å². The van der Waals surface area contributed by atoms with Crippen molar-refractivity contribution in [2.45, 2.75) is 51.1 Å². The molecular formula is C16H24F3NS. The quantitative estimate of drug-likeness (QED) is 0.741. The predicted octanol–water partition coefficient (Wildman–Crippen LogP) is 4.76. The van der Waals surface area contributed by atoms with E-state index in [2.05, 4.69) is 19.2 Å². The molecule has 0 aliphatic heterocycles. The highest BCUT2D eigenvalue weighted by atomic mass is 32.2. The van der Waals surface area contributed by atoms with Gasteiger partial charge in [0.05, 0.1) is 5.56 Å². The van der Waals surface area contributed by atoms with Crippen LogP contribution >= 0.6 is 11.8 Å². The predicted molar refractivity (Wildman–Crippen MR) is 84.8 cm³/mol. The second-order valence-corrected chi connectivity index (χ2v) is 6.68. The fourth-order valence-corrected chi connectivity index (χ4v) is 3.02. The largest absolute Gasteiger partial charge is 0.416 e. The highest BCUT2D eigenvalue weighted by Gasteiger charge is 2.29. The minimum absolute atomic E-state index is 0.297. The van der Waals surface area contributed by atoms with Crippen LogP contribution in [0, 0.1) is 0 Å². The Balaban J connectivity index is 2.62. The Labute approximate surface area is 129 Å². The lowest BCUT2D eigenvalue weighted by molar-refractivity contribution is -0.137. The monoisotopic (exact) mass is 319 g/mol. The van der Waals surface area contributed by atoms with E-state index in [1.54, 1.807) is 12.1 Å². The number of nitrogens with one attached hydrogen (secondary N) is 1. The standard InChI is InChI=1S/C16H24F3NS/c1-4-12(3)21-11-15(20-5-2)10-13-6-8-14(9-7-13)16(17,18)19/h6-9,12,15,20H,4-5,10-11H2,1-3H3. The summed E-state index contributed by atoms with van der Waals surface area (Å²) in [4.78, 5) is 0. The first-order chi connectivity index (χ1) is 9.86. The molecule has 0 spiro atoms. The zero-order valence-electron chi connectivity index (χ0n) is 12.8. The maximum atomic E-state index is 12.5. The molecule has 21 heavy (non-hydrogen) atoms. The molecule has 2 atom stereocenters. The van der Waals surface area contributed by atoms with Crippen molar-refractivity contribution in [2.24, 2.45) is 0 Å². The summed E-state index contributed by atoms with van der Waals surface area (Å²) < 4.78 is 37.6.